The fraction of sp³-hybridized carbons (Fsp3) is 0.441. The molecular weight excluding hydrogens is 598 g/mol. The molecule has 1 saturated carbocycles. The number of hydrogen-bond acceptors (Lipinski definition) is 6. The molecule has 0 spiro atoms. The van der Waals surface area contributed by atoms with E-state index in [1.54, 1.807) is 7.11 Å². The molecule has 44 heavy (non-hydrogen) atoms. The van der Waals surface area contributed by atoms with Crippen molar-refractivity contribution in [3.05, 3.63) is 82.4 Å². The van der Waals surface area contributed by atoms with Gasteiger partial charge in [-0.15, -0.1) is 0 Å². The number of sulfonamides is 1. The maximum Gasteiger partial charge on any atom is 0.232 e. The summed E-state index contributed by atoms with van der Waals surface area (Å²) in [6.45, 7) is 4.83. The largest absolute Gasteiger partial charge is 0.492 e. The average molecular weight is 640 g/mol. The number of halogens is 1. The molecule has 1 amide bonds. The van der Waals surface area contributed by atoms with E-state index in [1.807, 2.05) is 67.3 Å². The highest BCUT2D eigenvalue weighted by Crippen LogP contribution is 2.47. The number of ether oxygens (including phenoxy) is 2. The lowest BCUT2D eigenvalue weighted by molar-refractivity contribution is -0.118. The van der Waals surface area contributed by atoms with Gasteiger partial charge in [-0.25, -0.2) is 13.1 Å². The normalized spacial score (nSPS) is 20.4. The zero-order chi connectivity index (χ0) is 31.6. The fourth-order valence-corrected chi connectivity index (χ4v) is 7.50. The maximum absolute atomic E-state index is 13.8. The van der Waals surface area contributed by atoms with Gasteiger partial charge in [0.15, 0.2) is 11.5 Å². The van der Waals surface area contributed by atoms with Gasteiger partial charge in [0, 0.05) is 41.6 Å². The number of benzene rings is 3. The molecule has 5 rings (SSSR count). The van der Waals surface area contributed by atoms with Crippen LogP contribution in [-0.4, -0.2) is 53.4 Å². The van der Waals surface area contributed by atoms with E-state index in [2.05, 4.69) is 28.8 Å². The van der Waals surface area contributed by atoms with Crippen molar-refractivity contribution in [3.63, 3.8) is 0 Å². The first kappa shape index (κ1) is 32.1. The van der Waals surface area contributed by atoms with E-state index >= 15 is 0 Å². The highest BCUT2D eigenvalue weighted by molar-refractivity contribution is 7.88. The molecule has 0 aromatic heterocycles. The average Bonchev–Trinajstić information content (AvgIpc) is 2.97. The Hall–Kier alpha value is -3.27. The van der Waals surface area contributed by atoms with E-state index < -0.39 is 16.1 Å². The molecule has 1 fully saturated rings. The van der Waals surface area contributed by atoms with Crippen molar-refractivity contribution in [3.8, 4) is 11.5 Å². The highest BCUT2D eigenvalue weighted by atomic mass is 35.5. The second kappa shape index (κ2) is 13.4. The van der Waals surface area contributed by atoms with Crippen molar-refractivity contribution in [2.45, 2.75) is 64.1 Å². The van der Waals surface area contributed by atoms with Crippen LogP contribution in [0.3, 0.4) is 0 Å². The zero-order valence-corrected chi connectivity index (χ0v) is 27.6. The van der Waals surface area contributed by atoms with E-state index in [4.69, 9.17) is 21.1 Å². The summed E-state index contributed by atoms with van der Waals surface area (Å²) in [5.41, 5.74) is 4.60. The quantitative estimate of drug-likeness (QED) is 0.278. The van der Waals surface area contributed by atoms with Gasteiger partial charge >= 0.3 is 0 Å². The molecule has 1 aliphatic heterocycles. The van der Waals surface area contributed by atoms with Gasteiger partial charge in [0.2, 0.25) is 15.9 Å². The summed E-state index contributed by atoms with van der Waals surface area (Å²) >= 11 is 6.27. The standard InChI is InChI=1S/C34H42ClN3O5S/c1-22(2)43-30-19-10-25-20-31(39)38(33(32(25)34(30)42-4)24-8-11-26(35)12-9-24)29-17-15-28(16-18-29)37(3)21-23-6-13-27(14-7-23)36-44(5,40)41/h8-12,15-19,22-23,27,33,36H,6-7,13-14,20-21H2,1-5H3/t23?,27?,33-/m0/s1. The molecule has 236 valence electrons. The van der Waals surface area contributed by atoms with Gasteiger partial charge in [-0.2, -0.15) is 0 Å². The van der Waals surface area contributed by atoms with E-state index in [0.717, 1.165) is 60.3 Å². The Labute approximate surface area is 266 Å². The Morgan fingerprint density at radius 3 is 2.25 bits per heavy atom. The molecule has 8 nitrogen and oxygen atoms in total. The van der Waals surface area contributed by atoms with Crippen molar-refractivity contribution in [1.82, 2.24) is 4.72 Å². The number of carbonyl (C=O) groups excluding carboxylic acids is 1. The minimum atomic E-state index is -3.18. The Bertz CT molecular complexity index is 1570. The van der Waals surface area contributed by atoms with Crippen LogP contribution in [0.5, 0.6) is 11.5 Å². The maximum atomic E-state index is 13.8. The van der Waals surface area contributed by atoms with Crippen molar-refractivity contribution >= 4 is 38.9 Å². The van der Waals surface area contributed by atoms with E-state index in [9.17, 15) is 13.2 Å². The molecule has 1 heterocycles. The Balaban J connectivity index is 1.42. The first-order valence-electron chi connectivity index (χ1n) is 15.2. The predicted octanol–water partition coefficient (Wildman–Crippen LogP) is 6.36. The predicted molar refractivity (Wildman–Crippen MR) is 177 cm³/mol. The summed E-state index contributed by atoms with van der Waals surface area (Å²) in [5, 5.41) is 0.624. The molecule has 10 heteroatoms. The summed E-state index contributed by atoms with van der Waals surface area (Å²) in [5.74, 6) is 1.76. The molecule has 0 bridgehead atoms. The number of carbonyl (C=O) groups is 1. The second-order valence-electron chi connectivity index (χ2n) is 12.2. The highest BCUT2D eigenvalue weighted by Gasteiger charge is 2.38. The molecule has 1 N–H and O–H groups in total. The third-order valence-electron chi connectivity index (χ3n) is 8.47. The minimum absolute atomic E-state index is 0.00222. The molecule has 3 aromatic carbocycles. The van der Waals surface area contributed by atoms with Crippen LogP contribution in [0.15, 0.2) is 60.7 Å². The van der Waals surface area contributed by atoms with Crippen LogP contribution in [0.2, 0.25) is 5.02 Å². The lowest BCUT2D eigenvalue weighted by Crippen LogP contribution is -2.41. The molecule has 0 unspecified atom stereocenters. The van der Waals surface area contributed by atoms with Crippen LogP contribution in [0.1, 0.15) is 62.3 Å². The van der Waals surface area contributed by atoms with Gasteiger partial charge in [-0.3, -0.25) is 4.79 Å². The first-order valence-corrected chi connectivity index (χ1v) is 17.4. The molecule has 0 saturated heterocycles. The van der Waals surface area contributed by atoms with Crippen molar-refractivity contribution in [1.29, 1.82) is 0 Å². The number of methoxy groups -OCH3 is 1. The molecule has 0 radical (unpaired) electrons. The van der Waals surface area contributed by atoms with E-state index in [0.29, 0.717) is 22.4 Å². The van der Waals surface area contributed by atoms with Crippen LogP contribution >= 0.6 is 11.6 Å². The first-order chi connectivity index (χ1) is 20.9. The number of rotatable bonds is 10. The number of nitrogens with one attached hydrogen (secondary N) is 1. The van der Waals surface area contributed by atoms with Crippen LogP contribution < -0.4 is 24.0 Å². The molecule has 2 aliphatic rings. The smallest absolute Gasteiger partial charge is 0.232 e. The molecule has 3 aromatic rings. The van der Waals surface area contributed by atoms with E-state index in [1.165, 1.54) is 6.26 Å². The summed E-state index contributed by atoms with van der Waals surface area (Å²) in [6.07, 6.45) is 5.08. The number of anilines is 2. The fourth-order valence-electron chi connectivity index (χ4n) is 6.53. The van der Waals surface area contributed by atoms with Crippen molar-refractivity contribution in [2.24, 2.45) is 5.92 Å². The Morgan fingerprint density at radius 1 is 1.00 bits per heavy atom. The third-order valence-corrected chi connectivity index (χ3v) is 9.49. The topological polar surface area (TPSA) is 88.2 Å². The number of nitrogens with zero attached hydrogens (tertiary/aromatic N) is 2. The molecule has 1 atom stereocenters. The zero-order valence-electron chi connectivity index (χ0n) is 26.0. The van der Waals surface area contributed by atoms with Crippen LogP contribution in [0.25, 0.3) is 0 Å². The van der Waals surface area contributed by atoms with Gasteiger partial charge in [0.1, 0.15) is 0 Å². The monoisotopic (exact) mass is 639 g/mol. The van der Waals surface area contributed by atoms with Gasteiger partial charge < -0.3 is 19.3 Å². The SMILES string of the molecule is COc1c(OC(C)C)ccc2c1[C@H](c1ccc(Cl)cc1)N(c1ccc(N(C)CC3CCC(NS(C)(=O)=O)CC3)cc1)C(=O)C2. The summed E-state index contributed by atoms with van der Waals surface area (Å²) in [7, 11) is 0.536. The Kier molecular flexibility index (Phi) is 9.77. The third kappa shape index (κ3) is 7.33. The van der Waals surface area contributed by atoms with E-state index in [-0.39, 0.29) is 24.5 Å². The Morgan fingerprint density at radius 2 is 1.66 bits per heavy atom. The lowest BCUT2D eigenvalue weighted by atomic mass is 9.86. The van der Waals surface area contributed by atoms with Gasteiger partial charge in [0.05, 0.1) is 31.9 Å². The van der Waals surface area contributed by atoms with Gasteiger partial charge in [-0.05, 0) is 99.0 Å². The van der Waals surface area contributed by atoms with Crippen molar-refractivity contribution in [2.75, 3.05) is 36.8 Å². The number of amides is 1. The van der Waals surface area contributed by atoms with Gasteiger partial charge in [-0.1, -0.05) is 29.8 Å². The van der Waals surface area contributed by atoms with Crippen LogP contribution in [-0.2, 0) is 21.2 Å². The second-order valence-corrected chi connectivity index (χ2v) is 14.5. The molecular formula is C34H42ClN3O5S. The van der Waals surface area contributed by atoms with Crippen LogP contribution in [0.4, 0.5) is 11.4 Å². The summed E-state index contributed by atoms with van der Waals surface area (Å²) in [4.78, 5) is 17.9. The van der Waals surface area contributed by atoms with Crippen LogP contribution in [0, 0.1) is 5.92 Å². The molecule has 1 aliphatic carbocycles. The number of fused-ring (bicyclic) bond motifs is 1. The minimum Gasteiger partial charge on any atom is -0.492 e. The summed E-state index contributed by atoms with van der Waals surface area (Å²) in [6, 6.07) is 19.2. The van der Waals surface area contributed by atoms with Crippen molar-refractivity contribution < 1.29 is 22.7 Å². The number of hydrogen-bond donors (Lipinski definition) is 1. The summed E-state index contributed by atoms with van der Waals surface area (Å²) < 4.78 is 38.0. The van der Waals surface area contributed by atoms with Gasteiger partial charge in [0.25, 0.3) is 0 Å². The lowest BCUT2D eigenvalue weighted by Gasteiger charge is -2.39.